The van der Waals surface area contributed by atoms with Gasteiger partial charge >= 0.3 is 5.69 Å². The van der Waals surface area contributed by atoms with Crippen LogP contribution in [0.15, 0.2) is 6.20 Å². The number of aromatic nitrogens is 2. The van der Waals surface area contributed by atoms with Gasteiger partial charge in [-0.1, -0.05) is 0 Å². The summed E-state index contributed by atoms with van der Waals surface area (Å²) in [6, 6.07) is -0.671. The fourth-order valence-electron chi connectivity index (χ4n) is 1.54. The number of anilines is 2. The smallest absolute Gasteiger partial charge is 0.329 e. The second-order valence-electron chi connectivity index (χ2n) is 4.74. The number of carbonyl (C=O) groups is 1. The van der Waals surface area contributed by atoms with Gasteiger partial charge in [0, 0.05) is 12.6 Å². The highest BCUT2D eigenvalue weighted by atomic mass is 16.6. The van der Waals surface area contributed by atoms with E-state index in [9.17, 15) is 14.9 Å². The minimum atomic E-state index is -0.657. The largest absolute Gasteiger partial charge is 0.354 e. The van der Waals surface area contributed by atoms with E-state index in [2.05, 4.69) is 25.9 Å². The van der Waals surface area contributed by atoms with Crippen LogP contribution < -0.4 is 16.0 Å². The van der Waals surface area contributed by atoms with Crippen molar-refractivity contribution in [2.45, 2.75) is 39.8 Å². The minimum Gasteiger partial charge on any atom is -0.354 e. The Balaban J connectivity index is 2.95. The fourth-order valence-corrected chi connectivity index (χ4v) is 1.54. The molecule has 0 aliphatic heterocycles. The molecule has 0 aliphatic carbocycles. The third-order valence-corrected chi connectivity index (χ3v) is 2.48. The molecule has 0 aromatic carbocycles. The summed E-state index contributed by atoms with van der Waals surface area (Å²) in [5.41, 5.74) is -0.277. The van der Waals surface area contributed by atoms with E-state index in [0.29, 0.717) is 6.54 Å². The highest BCUT2D eigenvalue weighted by Crippen LogP contribution is 2.22. The molecule has 116 valence electrons. The Morgan fingerprint density at radius 1 is 1.43 bits per heavy atom. The maximum Gasteiger partial charge on any atom is 0.329 e. The molecule has 1 atom stereocenters. The lowest BCUT2D eigenvalue weighted by Gasteiger charge is -2.16. The van der Waals surface area contributed by atoms with E-state index >= 15 is 0 Å². The quantitative estimate of drug-likeness (QED) is 0.509. The number of nitrogens with zero attached hydrogens (tertiary/aromatic N) is 3. The molecule has 0 spiro atoms. The molecule has 0 radical (unpaired) electrons. The molecule has 0 saturated heterocycles. The number of amides is 1. The molecule has 1 aromatic rings. The van der Waals surface area contributed by atoms with Gasteiger partial charge in [0.25, 0.3) is 0 Å². The van der Waals surface area contributed by atoms with Gasteiger partial charge in [-0.3, -0.25) is 14.9 Å². The third kappa shape index (κ3) is 4.86. The summed E-state index contributed by atoms with van der Waals surface area (Å²) in [4.78, 5) is 30.1. The predicted molar refractivity (Wildman–Crippen MR) is 79.2 cm³/mol. The normalized spacial score (nSPS) is 11.9. The van der Waals surface area contributed by atoms with Crippen LogP contribution in [0.1, 0.15) is 27.7 Å². The highest BCUT2D eigenvalue weighted by Gasteiger charge is 2.22. The van der Waals surface area contributed by atoms with Gasteiger partial charge in [0.05, 0.1) is 4.92 Å². The van der Waals surface area contributed by atoms with Gasteiger partial charge < -0.3 is 16.0 Å². The third-order valence-electron chi connectivity index (χ3n) is 2.48. The van der Waals surface area contributed by atoms with Crippen LogP contribution in [-0.4, -0.2) is 39.4 Å². The van der Waals surface area contributed by atoms with Crippen molar-refractivity contribution in [2.24, 2.45) is 0 Å². The van der Waals surface area contributed by atoms with Gasteiger partial charge in [-0.05, 0) is 27.7 Å². The zero-order chi connectivity index (χ0) is 16.0. The second kappa shape index (κ2) is 7.36. The van der Waals surface area contributed by atoms with Crippen LogP contribution in [0.4, 0.5) is 17.5 Å². The number of nitrogens with one attached hydrogen (secondary N) is 3. The highest BCUT2D eigenvalue weighted by molar-refractivity contribution is 5.84. The van der Waals surface area contributed by atoms with Crippen molar-refractivity contribution in [1.29, 1.82) is 0 Å². The van der Waals surface area contributed by atoms with Gasteiger partial charge in [-0.15, -0.1) is 0 Å². The standard InChI is InChI=1S/C12H20N6O3/c1-5-13-12-14-6-9(18(20)21)10(17-12)16-8(4)11(19)15-7(2)3/h6-8H,5H2,1-4H3,(H,15,19)(H2,13,14,16,17). The van der Waals surface area contributed by atoms with Gasteiger partial charge in [0.15, 0.2) is 0 Å². The maximum absolute atomic E-state index is 11.8. The molecular weight excluding hydrogens is 276 g/mol. The molecule has 1 unspecified atom stereocenters. The average molecular weight is 296 g/mol. The Bertz CT molecular complexity index is 520. The molecule has 3 N–H and O–H groups in total. The first kappa shape index (κ1) is 16.6. The molecule has 1 heterocycles. The van der Waals surface area contributed by atoms with Crippen molar-refractivity contribution in [2.75, 3.05) is 17.2 Å². The summed E-state index contributed by atoms with van der Waals surface area (Å²) in [5, 5.41) is 19.3. The maximum atomic E-state index is 11.8. The van der Waals surface area contributed by atoms with Crippen LogP contribution in [0.25, 0.3) is 0 Å². The van der Waals surface area contributed by atoms with Crippen LogP contribution in [0.2, 0.25) is 0 Å². The SMILES string of the molecule is CCNc1ncc([N+](=O)[O-])c(NC(C)C(=O)NC(C)C)n1. The molecule has 9 heteroatoms. The Labute approximate surface area is 122 Å². The molecule has 1 rings (SSSR count). The van der Waals surface area contributed by atoms with Crippen molar-refractivity contribution in [3.05, 3.63) is 16.3 Å². The lowest BCUT2D eigenvalue weighted by Crippen LogP contribution is -2.41. The lowest BCUT2D eigenvalue weighted by atomic mass is 10.2. The first-order valence-electron chi connectivity index (χ1n) is 6.67. The number of carbonyl (C=O) groups excluding carboxylic acids is 1. The van der Waals surface area contributed by atoms with E-state index in [1.165, 1.54) is 0 Å². The van der Waals surface area contributed by atoms with Crippen LogP contribution in [0, 0.1) is 10.1 Å². The van der Waals surface area contributed by atoms with Crippen molar-refractivity contribution < 1.29 is 9.72 Å². The first-order valence-corrected chi connectivity index (χ1v) is 6.67. The van der Waals surface area contributed by atoms with Gasteiger partial charge in [0.1, 0.15) is 12.2 Å². The van der Waals surface area contributed by atoms with Crippen LogP contribution >= 0.6 is 0 Å². The van der Waals surface area contributed by atoms with E-state index < -0.39 is 11.0 Å². The summed E-state index contributed by atoms with van der Waals surface area (Å²) < 4.78 is 0. The van der Waals surface area contributed by atoms with E-state index in [1.54, 1.807) is 6.92 Å². The van der Waals surface area contributed by atoms with Crippen molar-refractivity contribution in [3.8, 4) is 0 Å². The Hall–Kier alpha value is -2.45. The lowest BCUT2D eigenvalue weighted by molar-refractivity contribution is -0.384. The molecule has 0 aliphatic rings. The average Bonchev–Trinajstić information content (AvgIpc) is 2.38. The Morgan fingerprint density at radius 2 is 2.10 bits per heavy atom. The van der Waals surface area contributed by atoms with Gasteiger partial charge in [0.2, 0.25) is 17.7 Å². The zero-order valence-electron chi connectivity index (χ0n) is 12.5. The number of nitro groups is 1. The molecule has 1 aromatic heterocycles. The summed E-state index contributed by atoms with van der Waals surface area (Å²) in [7, 11) is 0. The predicted octanol–water partition coefficient (Wildman–Crippen LogP) is 1.14. The minimum absolute atomic E-state index is 0.0114. The van der Waals surface area contributed by atoms with E-state index in [4.69, 9.17) is 0 Å². The van der Waals surface area contributed by atoms with Gasteiger partial charge in [-0.25, -0.2) is 4.98 Å². The zero-order valence-corrected chi connectivity index (χ0v) is 12.5. The van der Waals surface area contributed by atoms with E-state index in [1.807, 2.05) is 20.8 Å². The molecule has 0 fully saturated rings. The summed E-state index contributed by atoms with van der Waals surface area (Å²) in [6.45, 7) is 7.72. The van der Waals surface area contributed by atoms with Gasteiger partial charge in [-0.2, -0.15) is 4.98 Å². The molecule has 1 amide bonds. The molecular formula is C12H20N6O3. The molecule has 0 saturated carbocycles. The van der Waals surface area contributed by atoms with E-state index in [-0.39, 0.29) is 29.4 Å². The summed E-state index contributed by atoms with van der Waals surface area (Å²) in [6.07, 6.45) is 1.11. The topological polar surface area (TPSA) is 122 Å². The van der Waals surface area contributed by atoms with Crippen molar-refractivity contribution >= 4 is 23.4 Å². The molecule has 9 nitrogen and oxygen atoms in total. The number of hydrogen-bond acceptors (Lipinski definition) is 7. The van der Waals surface area contributed by atoms with Crippen molar-refractivity contribution in [3.63, 3.8) is 0 Å². The van der Waals surface area contributed by atoms with E-state index in [0.717, 1.165) is 6.20 Å². The number of rotatable bonds is 7. The molecule has 0 bridgehead atoms. The summed E-state index contributed by atoms with van der Waals surface area (Å²) >= 11 is 0. The number of hydrogen-bond donors (Lipinski definition) is 3. The Morgan fingerprint density at radius 3 is 2.62 bits per heavy atom. The first-order chi connectivity index (χ1) is 9.85. The Kier molecular flexibility index (Phi) is 5.82. The second-order valence-corrected chi connectivity index (χ2v) is 4.74. The summed E-state index contributed by atoms with van der Waals surface area (Å²) in [5.74, 6) is 0.0161. The van der Waals surface area contributed by atoms with Crippen LogP contribution in [0.3, 0.4) is 0 Å². The molecule has 21 heavy (non-hydrogen) atoms. The van der Waals surface area contributed by atoms with Crippen molar-refractivity contribution in [1.82, 2.24) is 15.3 Å². The fraction of sp³-hybridized carbons (Fsp3) is 0.583. The van der Waals surface area contributed by atoms with Crippen LogP contribution in [-0.2, 0) is 4.79 Å². The monoisotopic (exact) mass is 296 g/mol. The van der Waals surface area contributed by atoms with Crippen LogP contribution in [0.5, 0.6) is 0 Å².